The lowest BCUT2D eigenvalue weighted by Crippen LogP contribution is -2.25. The fourth-order valence-electron chi connectivity index (χ4n) is 2.99. The second kappa shape index (κ2) is 6.57. The minimum Gasteiger partial charge on any atom is -0.388 e. The molecule has 1 aliphatic rings. The number of aliphatic hydroxyl groups is 1. The SMILES string of the molecule is CCC1OC(n2cnc3c(=O)[nH]c(NC(=O)C(C)C)nc32)C(O)C1C. The molecule has 9 nitrogen and oxygen atoms in total. The second-order valence-electron chi connectivity index (χ2n) is 6.71. The molecule has 1 amide bonds. The number of imidazole rings is 1. The molecule has 0 bridgehead atoms. The Kier molecular flexibility index (Phi) is 4.61. The van der Waals surface area contributed by atoms with Gasteiger partial charge in [0, 0.05) is 11.8 Å². The maximum absolute atomic E-state index is 12.2. The number of H-pyrrole nitrogens is 1. The number of carbonyl (C=O) groups is 1. The number of rotatable bonds is 4. The van der Waals surface area contributed by atoms with E-state index in [2.05, 4.69) is 20.3 Å². The Labute approximate surface area is 144 Å². The lowest BCUT2D eigenvalue weighted by atomic mass is 9.99. The van der Waals surface area contributed by atoms with Gasteiger partial charge in [0.1, 0.15) is 6.10 Å². The number of carbonyl (C=O) groups excluding carboxylic acids is 1. The first-order valence-electron chi connectivity index (χ1n) is 8.44. The first kappa shape index (κ1) is 17.6. The monoisotopic (exact) mass is 349 g/mol. The molecule has 0 saturated carbocycles. The van der Waals surface area contributed by atoms with Crippen molar-refractivity contribution in [3.05, 3.63) is 16.7 Å². The number of hydrogen-bond donors (Lipinski definition) is 3. The molecule has 4 atom stereocenters. The van der Waals surface area contributed by atoms with Crippen molar-refractivity contribution < 1.29 is 14.6 Å². The van der Waals surface area contributed by atoms with Crippen LogP contribution in [0.15, 0.2) is 11.1 Å². The lowest BCUT2D eigenvalue weighted by molar-refractivity contribution is -0.118. The summed E-state index contributed by atoms with van der Waals surface area (Å²) in [5.74, 6) is -0.512. The number of nitrogens with one attached hydrogen (secondary N) is 2. The van der Waals surface area contributed by atoms with E-state index in [1.165, 1.54) is 6.33 Å². The minimum absolute atomic E-state index is 0.0467. The van der Waals surface area contributed by atoms with E-state index >= 15 is 0 Å². The van der Waals surface area contributed by atoms with Gasteiger partial charge in [0.25, 0.3) is 5.56 Å². The van der Waals surface area contributed by atoms with Crippen molar-refractivity contribution in [1.29, 1.82) is 0 Å². The summed E-state index contributed by atoms with van der Waals surface area (Å²) >= 11 is 0. The van der Waals surface area contributed by atoms with E-state index in [0.29, 0.717) is 0 Å². The molecule has 2 aromatic heterocycles. The van der Waals surface area contributed by atoms with Crippen LogP contribution in [0.3, 0.4) is 0 Å². The molecule has 1 saturated heterocycles. The van der Waals surface area contributed by atoms with Crippen molar-refractivity contribution in [2.45, 2.75) is 52.6 Å². The number of aromatic nitrogens is 4. The Morgan fingerprint density at radius 2 is 2.24 bits per heavy atom. The van der Waals surface area contributed by atoms with Crippen molar-refractivity contribution in [3.8, 4) is 0 Å². The number of nitrogens with zero attached hydrogens (tertiary/aromatic N) is 3. The summed E-state index contributed by atoms with van der Waals surface area (Å²) in [5.41, 5.74) is -0.0721. The summed E-state index contributed by atoms with van der Waals surface area (Å²) < 4.78 is 7.47. The molecule has 0 radical (unpaired) electrons. The van der Waals surface area contributed by atoms with E-state index in [-0.39, 0.29) is 41.0 Å². The molecule has 3 heterocycles. The van der Waals surface area contributed by atoms with Gasteiger partial charge in [-0.2, -0.15) is 4.98 Å². The van der Waals surface area contributed by atoms with Crippen LogP contribution in [0.4, 0.5) is 5.95 Å². The molecular weight excluding hydrogens is 326 g/mol. The van der Waals surface area contributed by atoms with Crippen molar-refractivity contribution in [1.82, 2.24) is 19.5 Å². The zero-order valence-corrected chi connectivity index (χ0v) is 14.7. The summed E-state index contributed by atoms with van der Waals surface area (Å²) in [6.45, 7) is 7.40. The molecular formula is C16H23N5O4. The van der Waals surface area contributed by atoms with Crippen molar-refractivity contribution in [2.75, 3.05) is 5.32 Å². The highest BCUT2D eigenvalue weighted by Gasteiger charge is 2.41. The quantitative estimate of drug-likeness (QED) is 0.757. The molecule has 1 fully saturated rings. The molecule has 4 unspecified atom stereocenters. The van der Waals surface area contributed by atoms with Crippen molar-refractivity contribution in [2.24, 2.45) is 11.8 Å². The smallest absolute Gasteiger partial charge is 0.280 e. The third-order valence-electron chi connectivity index (χ3n) is 4.61. The molecule has 9 heteroatoms. The second-order valence-corrected chi connectivity index (χ2v) is 6.71. The van der Waals surface area contributed by atoms with Gasteiger partial charge in [0.15, 0.2) is 17.4 Å². The lowest BCUT2D eigenvalue weighted by Gasteiger charge is -2.17. The summed E-state index contributed by atoms with van der Waals surface area (Å²) in [6, 6.07) is 0. The van der Waals surface area contributed by atoms with Crippen LogP contribution in [-0.4, -0.2) is 42.7 Å². The minimum atomic E-state index is -0.739. The highest BCUT2D eigenvalue weighted by molar-refractivity contribution is 5.91. The van der Waals surface area contributed by atoms with Gasteiger partial charge in [-0.15, -0.1) is 0 Å². The largest absolute Gasteiger partial charge is 0.388 e. The fraction of sp³-hybridized carbons (Fsp3) is 0.625. The third-order valence-corrected chi connectivity index (χ3v) is 4.61. The van der Waals surface area contributed by atoms with Gasteiger partial charge in [-0.05, 0) is 6.42 Å². The zero-order valence-electron chi connectivity index (χ0n) is 14.7. The van der Waals surface area contributed by atoms with Crippen LogP contribution < -0.4 is 10.9 Å². The predicted molar refractivity (Wildman–Crippen MR) is 91.0 cm³/mol. The molecule has 0 aliphatic carbocycles. The Balaban J connectivity index is 2.01. The highest BCUT2D eigenvalue weighted by atomic mass is 16.5. The topological polar surface area (TPSA) is 122 Å². The standard InChI is InChI=1S/C16H23N5O4/c1-5-9-8(4)11(22)15(25-9)21-6-17-10-12(21)18-16(20-14(10)24)19-13(23)7(2)3/h6-9,11,15,22H,5H2,1-4H3,(H2,18,19,20,23,24). The van der Waals surface area contributed by atoms with Gasteiger partial charge < -0.3 is 9.84 Å². The Hall–Kier alpha value is -2.26. The van der Waals surface area contributed by atoms with Gasteiger partial charge >= 0.3 is 0 Å². The molecule has 3 rings (SSSR count). The van der Waals surface area contributed by atoms with E-state index in [9.17, 15) is 14.7 Å². The number of fused-ring (bicyclic) bond motifs is 1. The molecule has 3 N–H and O–H groups in total. The first-order chi connectivity index (χ1) is 11.8. The van der Waals surface area contributed by atoms with E-state index < -0.39 is 17.9 Å². The Morgan fingerprint density at radius 1 is 1.52 bits per heavy atom. The maximum Gasteiger partial charge on any atom is 0.280 e. The van der Waals surface area contributed by atoms with E-state index in [4.69, 9.17) is 4.74 Å². The van der Waals surface area contributed by atoms with Crippen molar-refractivity contribution >= 4 is 23.0 Å². The Bertz CT molecular complexity index is 843. The van der Waals surface area contributed by atoms with Crippen molar-refractivity contribution in [3.63, 3.8) is 0 Å². The number of aromatic amines is 1. The van der Waals surface area contributed by atoms with Gasteiger partial charge in [-0.1, -0.05) is 27.7 Å². The van der Waals surface area contributed by atoms with E-state index in [1.807, 2.05) is 13.8 Å². The summed E-state index contributed by atoms with van der Waals surface area (Å²) in [7, 11) is 0. The average molecular weight is 349 g/mol. The molecule has 25 heavy (non-hydrogen) atoms. The van der Waals surface area contributed by atoms with Crippen LogP contribution in [-0.2, 0) is 9.53 Å². The number of amides is 1. The van der Waals surface area contributed by atoms with Gasteiger partial charge in [0.2, 0.25) is 11.9 Å². The van der Waals surface area contributed by atoms with Crippen LogP contribution in [0.25, 0.3) is 11.2 Å². The normalized spacial score (nSPS) is 26.5. The zero-order chi connectivity index (χ0) is 18.3. The average Bonchev–Trinajstić information content (AvgIpc) is 3.10. The number of anilines is 1. The molecule has 136 valence electrons. The summed E-state index contributed by atoms with van der Waals surface area (Å²) in [4.78, 5) is 35.0. The first-order valence-corrected chi connectivity index (χ1v) is 8.44. The van der Waals surface area contributed by atoms with Gasteiger partial charge in [-0.25, -0.2) is 4.98 Å². The number of ether oxygens (including phenoxy) is 1. The van der Waals surface area contributed by atoms with Crippen LogP contribution in [0.2, 0.25) is 0 Å². The summed E-state index contributed by atoms with van der Waals surface area (Å²) in [5, 5.41) is 13.1. The Morgan fingerprint density at radius 3 is 2.84 bits per heavy atom. The molecule has 0 aromatic carbocycles. The van der Waals surface area contributed by atoms with Gasteiger partial charge in [0.05, 0.1) is 12.4 Å². The van der Waals surface area contributed by atoms with E-state index in [0.717, 1.165) is 6.42 Å². The predicted octanol–water partition coefficient (Wildman–Crippen LogP) is 1.02. The molecule has 0 spiro atoms. The number of aliphatic hydroxyl groups excluding tert-OH is 1. The van der Waals surface area contributed by atoms with Crippen LogP contribution in [0.5, 0.6) is 0 Å². The maximum atomic E-state index is 12.2. The van der Waals surface area contributed by atoms with Crippen LogP contribution in [0.1, 0.15) is 40.3 Å². The van der Waals surface area contributed by atoms with Gasteiger partial charge in [-0.3, -0.25) is 24.5 Å². The van der Waals surface area contributed by atoms with Crippen LogP contribution in [0, 0.1) is 11.8 Å². The van der Waals surface area contributed by atoms with Crippen LogP contribution >= 0.6 is 0 Å². The molecule has 1 aliphatic heterocycles. The number of hydrogen-bond acceptors (Lipinski definition) is 6. The molecule has 2 aromatic rings. The van der Waals surface area contributed by atoms with E-state index in [1.54, 1.807) is 18.4 Å². The fourth-order valence-corrected chi connectivity index (χ4v) is 2.99. The highest BCUT2D eigenvalue weighted by Crippen LogP contribution is 2.36. The summed E-state index contributed by atoms with van der Waals surface area (Å²) in [6.07, 6.45) is 0.703. The third kappa shape index (κ3) is 3.05.